The van der Waals surface area contributed by atoms with E-state index in [-0.39, 0.29) is 5.78 Å². The van der Waals surface area contributed by atoms with Crippen LogP contribution in [0.3, 0.4) is 0 Å². The van der Waals surface area contributed by atoms with Gasteiger partial charge in [-0.3, -0.25) is 4.79 Å². The first-order chi connectivity index (χ1) is 32.1. The van der Waals surface area contributed by atoms with Crippen molar-refractivity contribution in [3.63, 3.8) is 0 Å². The van der Waals surface area contributed by atoms with Crippen molar-refractivity contribution in [3.8, 4) is 22.3 Å². The summed E-state index contributed by atoms with van der Waals surface area (Å²) in [5.74, 6) is 0.0518. The van der Waals surface area contributed by atoms with Crippen LogP contribution in [0.1, 0.15) is 43.7 Å². The minimum Gasteiger partial charge on any atom is -0.306 e. The van der Waals surface area contributed by atoms with Crippen LogP contribution in [-0.4, -0.2) is 5.78 Å². The molecule has 0 saturated heterocycles. The Balaban J connectivity index is 1.04. The minimum atomic E-state index is -0.700. The van der Waals surface area contributed by atoms with E-state index in [9.17, 15) is 4.79 Å². The molecule has 0 N–H and O–H groups in total. The fraction of sp³-hybridized carbons (Fsp3) is 0.0161. The summed E-state index contributed by atoms with van der Waals surface area (Å²) >= 11 is 0. The van der Waals surface area contributed by atoms with Crippen molar-refractivity contribution in [2.24, 2.45) is 0 Å². The molecule has 1 aliphatic heterocycles. The van der Waals surface area contributed by atoms with E-state index < -0.39 is 5.41 Å². The van der Waals surface area contributed by atoms with Crippen LogP contribution in [-0.2, 0) is 5.41 Å². The van der Waals surface area contributed by atoms with Crippen LogP contribution >= 0.6 is 0 Å². The summed E-state index contributed by atoms with van der Waals surface area (Å²) in [5, 5.41) is 0. The van der Waals surface area contributed by atoms with Gasteiger partial charge in [0.1, 0.15) is 0 Å². The highest BCUT2D eigenvalue weighted by molar-refractivity contribution is 6.14. The molecule has 0 aromatic heterocycles. The Morgan fingerprint density at radius 3 is 1.46 bits per heavy atom. The van der Waals surface area contributed by atoms with Gasteiger partial charge in [-0.2, -0.15) is 0 Å². The highest BCUT2D eigenvalue weighted by Gasteiger charge is 2.46. The maximum absolute atomic E-state index is 14.4. The molecule has 65 heavy (non-hydrogen) atoms. The Labute approximate surface area is 380 Å². The summed E-state index contributed by atoms with van der Waals surface area (Å²) in [6.45, 7) is 8.09. The first-order valence-corrected chi connectivity index (χ1v) is 22.0. The quantitative estimate of drug-likeness (QED) is 0.135. The van der Waals surface area contributed by atoms with Gasteiger partial charge < -0.3 is 9.80 Å². The van der Waals surface area contributed by atoms with Crippen LogP contribution in [0.4, 0.5) is 34.1 Å². The molecule has 1 heterocycles. The van der Waals surface area contributed by atoms with Crippen molar-refractivity contribution in [3.05, 3.63) is 295 Å². The van der Waals surface area contributed by atoms with E-state index in [2.05, 4.69) is 229 Å². The van der Waals surface area contributed by atoms with Crippen LogP contribution < -0.4 is 9.80 Å². The fourth-order valence-corrected chi connectivity index (χ4v) is 10.1. The van der Waals surface area contributed by atoms with Crippen molar-refractivity contribution in [2.75, 3.05) is 9.80 Å². The van der Waals surface area contributed by atoms with Crippen molar-refractivity contribution < 1.29 is 4.79 Å². The van der Waals surface area contributed by atoms with E-state index >= 15 is 0 Å². The summed E-state index contributed by atoms with van der Waals surface area (Å²) in [4.78, 5) is 19.1. The monoisotopic (exact) mass is 832 g/mol. The molecule has 0 amide bonds. The van der Waals surface area contributed by atoms with Crippen LogP contribution in [0.25, 0.3) is 27.8 Å². The first-order valence-electron chi connectivity index (χ1n) is 22.0. The Hall–Kier alpha value is -8.53. The lowest BCUT2D eigenvalue weighted by Gasteiger charge is -2.42. The van der Waals surface area contributed by atoms with Gasteiger partial charge in [-0.1, -0.05) is 201 Å². The molecular weight excluding hydrogens is 789 g/mol. The second-order valence-electron chi connectivity index (χ2n) is 16.5. The molecule has 308 valence electrons. The second kappa shape index (κ2) is 16.3. The summed E-state index contributed by atoms with van der Waals surface area (Å²) in [5.41, 5.74) is 17.8. The molecule has 3 nitrogen and oxygen atoms in total. The van der Waals surface area contributed by atoms with Gasteiger partial charge in [-0.05, 0) is 110 Å². The van der Waals surface area contributed by atoms with Gasteiger partial charge in [0, 0.05) is 22.5 Å². The first kappa shape index (κ1) is 39.3. The van der Waals surface area contributed by atoms with Crippen LogP contribution in [0.5, 0.6) is 0 Å². The van der Waals surface area contributed by atoms with Crippen LogP contribution in [0, 0.1) is 0 Å². The number of hydrogen-bond donors (Lipinski definition) is 0. The van der Waals surface area contributed by atoms with E-state index in [0.717, 1.165) is 101 Å². The number of anilines is 6. The van der Waals surface area contributed by atoms with E-state index in [1.807, 2.05) is 36.4 Å². The third-order valence-corrected chi connectivity index (χ3v) is 13.0. The molecule has 9 aromatic rings. The number of carbonyl (C=O) groups excluding carboxylic acids is 1. The topological polar surface area (TPSA) is 23.6 Å². The fourth-order valence-electron chi connectivity index (χ4n) is 10.1. The number of hydrogen-bond acceptors (Lipinski definition) is 3. The van der Waals surface area contributed by atoms with Crippen molar-refractivity contribution in [1.29, 1.82) is 0 Å². The zero-order chi connectivity index (χ0) is 43.9. The van der Waals surface area contributed by atoms with Crippen molar-refractivity contribution >= 4 is 45.5 Å². The smallest absolute Gasteiger partial charge is 0.193 e. The van der Waals surface area contributed by atoms with Gasteiger partial charge in [0.05, 0.1) is 28.2 Å². The van der Waals surface area contributed by atoms with Gasteiger partial charge in [0.2, 0.25) is 0 Å². The zero-order valence-corrected chi connectivity index (χ0v) is 35.8. The Morgan fingerprint density at radius 2 is 0.877 bits per heavy atom. The van der Waals surface area contributed by atoms with Gasteiger partial charge in [-0.25, -0.2) is 0 Å². The maximum atomic E-state index is 14.4. The lowest BCUT2D eigenvalue weighted by atomic mass is 9.59. The summed E-state index contributed by atoms with van der Waals surface area (Å²) in [7, 11) is 0. The maximum Gasteiger partial charge on any atom is 0.193 e. The molecule has 2 aliphatic rings. The molecule has 11 rings (SSSR count). The molecular formula is C62H44N2O. The largest absolute Gasteiger partial charge is 0.306 e. The van der Waals surface area contributed by atoms with E-state index in [0.29, 0.717) is 0 Å². The normalized spacial score (nSPS) is 13.5. The lowest BCUT2D eigenvalue weighted by Crippen LogP contribution is -2.38. The van der Waals surface area contributed by atoms with Crippen LogP contribution in [0.15, 0.2) is 256 Å². The van der Waals surface area contributed by atoms with Crippen molar-refractivity contribution in [1.82, 2.24) is 0 Å². The predicted octanol–water partition coefficient (Wildman–Crippen LogP) is 16.0. The minimum absolute atomic E-state index is 0.0518. The number of carbonyl (C=O) groups is 1. The molecule has 0 bridgehead atoms. The Kier molecular flexibility index (Phi) is 9.86. The number of nitrogens with zero attached hydrogens (tertiary/aromatic N) is 2. The highest BCUT2D eigenvalue weighted by Crippen LogP contribution is 2.56. The molecule has 3 heteroatoms. The SMILES string of the molecule is C=C/C=C(\C=C)c1ccc2c(c1)N(c1ccccc1)c1cc(-c3ccc(-c4ccc5c(c4)C(c4ccccc4)(c4ccccc4)c4ccccc4C5=O)cc3)ccc1N2c1ccccc1. The molecule has 9 aromatic carbocycles. The van der Waals surface area contributed by atoms with Gasteiger partial charge >= 0.3 is 0 Å². The number of benzene rings is 9. The Morgan fingerprint density at radius 1 is 0.415 bits per heavy atom. The highest BCUT2D eigenvalue weighted by atomic mass is 16.1. The molecule has 0 spiro atoms. The molecule has 0 unspecified atom stereocenters. The number of allylic oxidation sites excluding steroid dienone is 4. The van der Waals surface area contributed by atoms with Crippen molar-refractivity contribution in [2.45, 2.75) is 5.41 Å². The molecule has 0 fully saturated rings. The van der Waals surface area contributed by atoms with Gasteiger partial charge in [0.15, 0.2) is 5.78 Å². The Bertz CT molecular complexity index is 3260. The number of para-hydroxylation sites is 2. The second-order valence-corrected chi connectivity index (χ2v) is 16.5. The van der Waals surface area contributed by atoms with Gasteiger partial charge in [-0.15, -0.1) is 0 Å². The van der Waals surface area contributed by atoms with Crippen LogP contribution in [0.2, 0.25) is 0 Å². The summed E-state index contributed by atoms with van der Waals surface area (Å²) in [6.07, 6.45) is 5.69. The molecule has 1 aliphatic carbocycles. The average Bonchev–Trinajstić information content (AvgIpc) is 3.38. The number of ketones is 1. The van der Waals surface area contributed by atoms with E-state index in [4.69, 9.17) is 0 Å². The predicted molar refractivity (Wildman–Crippen MR) is 270 cm³/mol. The molecule has 0 atom stereocenters. The third kappa shape index (κ3) is 6.48. The number of fused-ring (bicyclic) bond motifs is 4. The summed E-state index contributed by atoms with van der Waals surface area (Å²) < 4.78 is 0. The summed E-state index contributed by atoms with van der Waals surface area (Å²) in [6, 6.07) is 79.2. The number of rotatable bonds is 9. The lowest BCUT2D eigenvalue weighted by molar-refractivity contribution is 0.103. The van der Waals surface area contributed by atoms with Gasteiger partial charge in [0.25, 0.3) is 0 Å². The third-order valence-electron chi connectivity index (χ3n) is 13.0. The molecule has 0 radical (unpaired) electrons. The van der Waals surface area contributed by atoms with E-state index in [1.165, 1.54) is 0 Å². The zero-order valence-electron chi connectivity index (χ0n) is 35.8. The molecule has 0 saturated carbocycles. The standard InChI is InChI=1S/C62H44N2O/c1-3-19-43(4-2)47-35-38-57-59(41-47)64(52-26-15-8-16-27-52)60-42-48(36-39-58(60)63(57)51-24-13-7-14-25-51)45-32-30-44(31-33-45)46-34-37-54-56(40-46)62(49-20-9-5-10-21-49,50-22-11-6-12-23-50)55-29-18-17-28-53(55)61(54)65/h3-42H,1-2H2/b43-19+. The average molecular weight is 833 g/mol. The van der Waals surface area contributed by atoms with E-state index in [1.54, 1.807) is 0 Å².